The quantitative estimate of drug-likeness (QED) is 0.737. The van der Waals surface area contributed by atoms with Crippen molar-refractivity contribution in [2.75, 3.05) is 6.61 Å². The second kappa shape index (κ2) is 5.54. The lowest BCUT2D eigenvalue weighted by atomic mass is 9.83. The average molecular weight is 253 g/mol. The van der Waals surface area contributed by atoms with Crippen LogP contribution in [0.15, 0.2) is 18.2 Å². The standard InChI is InChI=1S/C14H17ClO2/c1-10(16)13-6-5-12(9-14(13)15)17-8-7-11-3-2-4-11/h5-6,9,11H,2-4,7-8H2,1H3. The van der Waals surface area contributed by atoms with Crippen LogP contribution in [0, 0.1) is 5.92 Å². The van der Waals surface area contributed by atoms with Crippen LogP contribution in [0.5, 0.6) is 5.75 Å². The lowest BCUT2D eigenvalue weighted by Crippen LogP contribution is -2.14. The molecular formula is C14H17ClO2. The molecule has 0 amide bonds. The lowest BCUT2D eigenvalue weighted by Gasteiger charge is -2.25. The fraction of sp³-hybridized carbons (Fsp3) is 0.500. The zero-order valence-electron chi connectivity index (χ0n) is 10.0. The maximum atomic E-state index is 11.2. The Balaban J connectivity index is 1.88. The minimum absolute atomic E-state index is 0.0176. The third-order valence-electron chi connectivity index (χ3n) is 3.34. The lowest BCUT2D eigenvalue weighted by molar-refractivity contribution is 0.101. The summed E-state index contributed by atoms with van der Waals surface area (Å²) in [6.45, 7) is 2.25. The van der Waals surface area contributed by atoms with Gasteiger partial charge < -0.3 is 4.74 Å². The Morgan fingerprint density at radius 1 is 1.47 bits per heavy atom. The third-order valence-corrected chi connectivity index (χ3v) is 3.65. The van der Waals surface area contributed by atoms with E-state index >= 15 is 0 Å². The second-order valence-corrected chi connectivity index (χ2v) is 5.04. The predicted molar refractivity (Wildman–Crippen MR) is 68.9 cm³/mol. The Morgan fingerprint density at radius 3 is 2.76 bits per heavy atom. The first-order valence-electron chi connectivity index (χ1n) is 6.10. The fourth-order valence-corrected chi connectivity index (χ4v) is 2.30. The second-order valence-electron chi connectivity index (χ2n) is 4.63. The summed E-state index contributed by atoms with van der Waals surface area (Å²) >= 11 is 6.00. The molecule has 17 heavy (non-hydrogen) atoms. The SMILES string of the molecule is CC(=O)c1ccc(OCCC2CCC2)cc1Cl. The van der Waals surface area contributed by atoms with Gasteiger partial charge in [-0.3, -0.25) is 4.79 Å². The first kappa shape index (κ1) is 12.4. The Morgan fingerprint density at radius 2 is 2.24 bits per heavy atom. The number of hydrogen-bond donors (Lipinski definition) is 0. The topological polar surface area (TPSA) is 26.3 Å². The van der Waals surface area contributed by atoms with Crippen LogP contribution < -0.4 is 4.74 Å². The number of Topliss-reactive ketones (excluding diaryl/α,β-unsaturated/α-hetero) is 1. The predicted octanol–water partition coefficient (Wildman–Crippen LogP) is 4.11. The van der Waals surface area contributed by atoms with Gasteiger partial charge in [-0.15, -0.1) is 0 Å². The van der Waals surface area contributed by atoms with E-state index < -0.39 is 0 Å². The molecule has 92 valence electrons. The largest absolute Gasteiger partial charge is 0.494 e. The molecule has 3 heteroatoms. The molecule has 0 radical (unpaired) electrons. The zero-order valence-corrected chi connectivity index (χ0v) is 10.8. The number of ether oxygens (including phenoxy) is 1. The summed E-state index contributed by atoms with van der Waals surface area (Å²) in [6, 6.07) is 5.26. The number of rotatable bonds is 5. The molecule has 1 aliphatic carbocycles. The van der Waals surface area contributed by atoms with E-state index in [1.54, 1.807) is 12.1 Å². The Labute approximate surface area is 107 Å². The molecule has 0 bridgehead atoms. The number of halogens is 1. The molecule has 0 N–H and O–H groups in total. The van der Waals surface area contributed by atoms with Gasteiger partial charge in [0.1, 0.15) is 5.75 Å². The van der Waals surface area contributed by atoms with Crippen molar-refractivity contribution >= 4 is 17.4 Å². The van der Waals surface area contributed by atoms with Gasteiger partial charge in [0.05, 0.1) is 11.6 Å². The molecule has 2 rings (SSSR count). The van der Waals surface area contributed by atoms with Gasteiger partial charge in [0.25, 0.3) is 0 Å². The molecule has 0 atom stereocenters. The van der Waals surface area contributed by atoms with Crippen LogP contribution in [0.25, 0.3) is 0 Å². The first-order chi connectivity index (χ1) is 8.16. The van der Waals surface area contributed by atoms with Crippen molar-refractivity contribution in [3.63, 3.8) is 0 Å². The van der Waals surface area contributed by atoms with Crippen molar-refractivity contribution in [1.29, 1.82) is 0 Å². The molecule has 0 spiro atoms. The minimum atomic E-state index is -0.0176. The van der Waals surface area contributed by atoms with Gasteiger partial charge in [0.2, 0.25) is 0 Å². The summed E-state index contributed by atoms with van der Waals surface area (Å²) in [5.74, 6) is 1.58. The van der Waals surface area contributed by atoms with Crippen molar-refractivity contribution in [2.45, 2.75) is 32.6 Å². The van der Waals surface area contributed by atoms with Gasteiger partial charge in [-0.05, 0) is 37.5 Å². The number of carbonyl (C=O) groups is 1. The van der Waals surface area contributed by atoms with Crippen LogP contribution >= 0.6 is 11.6 Å². The molecule has 0 saturated heterocycles. The molecule has 1 aromatic carbocycles. The Kier molecular flexibility index (Phi) is 4.06. The van der Waals surface area contributed by atoms with Gasteiger partial charge in [-0.1, -0.05) is 30.9 Å². The van der Waals surface area contributed by atoms with E-state index in [1.165, 1.54) is 26.2 Å². The Hall–Kier alpha value is -1.02. The van der Waals surface area contributed by atoms with E-state index in [1.807, 2.05) is 6.07 Å². The van der Waals surface area contributed by atoms with Gasteiger partial charge in [-0.2, -0.15) is 0 Å². The van der Waals surface area contributed by atoms with E-state index in [2.05, 4.69) is 0 Å². The summed E-state index contributed by atoms with van der Waals surface area (Å²) in [5.41, 5.74) is 0.554. The van der Waals surface area contributed by atoms with E-state index in [9.17, 15) is 4.79 Å². The smallest absolute Gasteiger partial charge is 0.161 e. The van der Waals surface area contributed by atoms with Gasteiger partial charge >= 0.3 is 0 Å². The number of carbonyl (C=O) groups excluding carboxylic acids is 1. The fourth-order valence-electron chi connectivity index (χ4n) is 2.00. The monoisotopic (exact) mass is 252 g/mol. The summed E-state index contributed by atoms with van der Waals surface area (Å²) < 4.78 is 5.63. The van der Waals surface area contributed by atoms with E-state index in [0.29, 0.717) is 10.6 Å². The Bertz CT molecular complexity index is 411. The van der Waals surface area contributed by atoms with Crippen molar-refractivity contribution in [1.82, 2.24) is 0 Å². The van der Waals surface area contributed by atoms with Crippen molar-refractivity contribution in [2.24, 2.45) is 5.92 Å². The van der Waals surface area contributed by atoms with Crippen LogP contribution in [0.1, 0.15) is 43.0 Å². The van der Waals surface area contributed by atoms with Gasteiger partial charge in [-0.25, -0.2) is 0 Å². The van der Waals surface area contributed by atoms with E-state index in [0.717, 1.165) is 24.7 Å². The normalized spacial score (nSPS) is 15.4. The minimum Gasteiger partial charge on any atom is -0.494 e. The molecule has 2 nitrogen and oxygen atoms in total. The number of hydrogen-bond acceptors (Lipinski definition) is 2. The summed E-state index contributed by atoms with van der Waals surface area (Å²) in [6.07, 6.45) is 5.16. The van der Waals surface area contributed by atoms with Crippen molar-refractivity contribution < 1.29 is 9.53 Å². The molecule has 1 aromatic rings. The molecular weight excluding hydrogens is 236 g/mol. The average Bonchev–Trinajstić information content (AvgIpc) is 2.21. The van der Waals surface area contributed by atoms with Crippen molar-refractivity contribution in [3.05, 3.63) is 28.8 Å². The summed E-state index contributed by atoms with van der Waals surface area (Å²) in [7, 11) is 0. The van der Waals surface area contributed by atoms with Crippen molar-refractivity contribution in [3.8, 4) is 5.75 Å². The summed E-state index contributed by atoms with van der Waals surface area (Å²) in [4.78, 5) is 11.2. The van der Waals surface area contributed by atoms with Crippen LogP contribution in [-0.4, -0.2) is 12.4 Å². The number of benzene rings is 1. The molecule has 1 aliphatic rings. The van der Waals surface area contributed by atoms with Crippen LogP contribution in [-0.2, 0) is 0 Å². The molecule has 0 unspecified atom stereocenters. The third kappa shape index (κ3) is 3.22. The number of ketones is 1. The summed E-state index contributed by atoms with van der Waals surface area (Å²) in [5, 5.41) is 0.471. The molecule has 0 aromatic heterocycles. The van der Waals surface area contributed by atoms with E-state index in [-0.39, 0.29) is 5.78 Å². The highest BCUT2D eigenvalue weighted by Gasteiger charge is 2.17. The molecule has 0 heterocycles. The van der Waals surface area contributed by atoms with Gasteiger partial charge in [0.15, 0.2) is 5.78 Å². The highest BCUT2D eigenvalue weighted by atomic mass is 35.5. The maximum Gasteiger partial charge on any atom is 0.161 e. The highest BCUT2D eigenvalue weighted by molar-refractivity contribution is 6.34. The molecule has 0 aliphatic heterocycles. The first-order valence-corrected chi connectivity index (χ1v) is 6.48. The van der Waals surface area contributed by atoms with Crippen LogP contribution in [0.2, 0.25) is 5.02 Å². The zero-order chi connectivity index (χ0) is 12.3. The maximum absolute atomic E-state index is 11.2. The molecule has 1 saturated carbocycles. The van der Waals surface area contributed by atoms with Gasteiger partial charge in [0, 0.05) is 5.56 Å². The van der Waals surface area contributed by atoms with E-state index in [4.69, 9.17) is 16.3 Å². The van der Waals surface area contributed by atoms with Crippen LogP contribution in [0.4, 0.5) is 0 Å². The highest BCUT2D eigenvalue weighted by Crippen LogP contribution is 2.29. The van der Waals surface area contributed by atoms with Crippen LogP contribution in [0.3, 0.4) is 0 Å². The molecule has 1 fully saturated rings.